The van der Waals surface area contributed by atoms with Crippen molar-refractivity contribution in [3.63, 3.8) is 0 Å². The standard InChI is InChI=1S/C23H25N3O3/c1-3-12-28-20-10-6-17(7-11-20)14-26-15-19(13-21(26)27)22-24-23(29-25-22)18-8-4-16(2)5-9-18/h4-11,19H,3,12-15H2,1-2H3. The van der Waals surface area contributed by atoms with Crippen molar-refractivity contribution in [1.82, 2.24) is 15.0 Å². The Kier molecular flexibility index (Phi) is 5.60. The van der Waals surface area contributed by atoms with Crippen molar-refractivity contribution < 1.29 is 14.1 Å². The van der Waals surface area contributed by atoms with Crippen LogP contribution in [0.25, 0.3) is 11.5 Å². The normalized spacial score (nSPS) is 16.4. The Morgan fingerprint density at radius 1 is 1.14 bits per heavy atom. The maximum Gasteiger partial charge on any atom is 0.257 e. The highest BCUT2D eigenvalue weighted by Crippen LogP contribution is 2.29. The van der Waals surface area contributed by atoms with Crippen LogP contribution in [0.1, 0.15) is 42.6 Å². The van der Waals surface area contributed by atoms with E-state index >= 15 is 0 Å². The molecule has 0 spiro atoms. The van der Waals surface area contributed by atoms with E-state index in [0.717, 1.165) is 23.3 Å². The van der Waals surface area contributed by atoms with E-state index in [1.807, 2.05) is 60.4 Å². The maximum absolute atomic E-state index is 12.5. The van der Waals surface area contributed by atoms with E-state index in [-0.39, 0.29) is 11.8 Å². The van der Waals surface area contributed by atoms with E-state index in [4.69, 9.17) is 9.26 Å². The van der Waals surface area contributed by atoms with Gasteiger partial charge in [-0.2, -0.15) is 4.98 Å². The fourth-order valence-corrected chi connectivity index (χ4v) is 3.44. The number of hydrogen-bond donors (Lipinski definition) is 0. The predicted molar refractivity (Wildman–Crippen MR) is 109 cm³/mol. The lowest BCUT2D eigenvalue weighted by atomic mass is 10.1. The minimum Gasteiger partial charge on any atom is -0.494 e. The van der Waals surface area contributed by atoms with Gasteiger partial charge in [-0.15, -0.1) is 0 Å². The molecule has 4 rings (SSSR count). The molecule has 1 atom stereocenters. The minimum atomic E-state index is -0.0439. The number of likely N-dealkylation sites (tertiary alicyclic amines) is 1. The second kappa shape index (κ2) is 8.47. The number of carbonyl (C=O) groups excluding carboxylic acids is 1. The Hall–Kier alpha value is -3.15. The molecule has 6 nitrogen and oxygen atoms in total. The van der Waals surface area contributed by atoms with Crippen LogP contribution in [0.3, 0.4) is 0 Å². The largest absolute Gasteiger partial charge is 0.494 e. The van der Waals surface area contributed by atoms with E-state index in [2.05, 4.69) is 17.1 Å². The van der Waals surface area contributed by atoms with Gasteiger partial charge in [-0.05, 0) is 43.2 Å². The highest BCUT2D eigenvalue weighted by atomic mass is 16.5. The highest BCUT2D eigenvalue weighted by molar-refractivity contribution is 5.79. The summed E-state index contributed by atoms with van der Waals surface area (Å²) >= 11 is 0. The van der Waals surface area contributed by atoms with Crippen LogP contribution in [-0.4, -0.2) is 34.1 Å². The van der Waals surface area contributed by atoms with Gasteiger partial charge in [-0.3, -0.25) is 4.79 Å². The smallest absolute Gasteiger partial charge is 0.257 e. The number of nitrogens with zero attached hydrogens (tertiary/aromatic N) is 3. The number of ether oxygens (including phenoxy) is 1. The first-order valence-corrected chi connectivity index (χ1v) is 10.0. The van der Waals surface area contributed by atoms with Gasteiger partial charge in [0, 0.05) is 31.0 Å². The Bertz CT molecular complexity index is 964. The third-order valence-electron chi connectivity index (χ3n) is 5.09. The molecule has 1 aliphatic heterocycles. The zero-order valence-electron chi connectivity index (χ0n) is 16.8. The van der Waals surface area contributed by atoms with Crippen molar-refractivity contribution in [3.8, 4) is 17.2 Å². The van der Waals surface area contributed by atoms with Crippen LogP contribution in [0.4, 0.5) is 0 Å². The van der Waals surface area contributed by atoms with Gasteiger partial charge in [0.1, 0.15) is 5.75 Å². The summed E-state index contributed by atoms with van der Waals surface area (Å²) in [6, 6.07) is 15.9. The summed E-state index contributed by atoms with van der Waals surface area (Å²) in [5, 5.41) is 4.13. The quantitative estimate of drug-likeness (QED) is 0.599. The number of amides is 1. The Morgan fingerprint density at radius 2 is 1.90 bits per heavy atom. The third kappa shape index (κ3) is 4.47. The van der Waals surface area contributed by atoms with Crippen LogP contribution in [-0.2, 0) is 11.3 Å². The van der Waals surface area contributed by atoms with Crippen LogP contribution in [0.15, 0.2) is 53.1 Å². The van der Waals surface area contributed by atoms with Crippen molar-refractivity contribution in [2.75, 3.05) is 13.2 Å². The zero-order chi connectivity index (χ0) is 20.2. The monoisotopic (exact) mass is 391 g/mol. The Balaban J connectivity index is 1.40. The first-order valence-electron chi connectivity index (χ1n) is 10.0. The average molecular weight is 391 g/mol. The second-order valence-corrected chi connectivity index (χ2v) is 7.49. The van der Waals surface area contributed by atoms with Crippen LogP contribution < -0.4 is 4.74 Å². The number of benzene rings is 2. The van der Waals surface area contributed by atoms with Crippen molar-refractivity contribution in [3.05, 3.63) is 65.5 Å². The van der Waals surface area contributed by atoms with Gasteiger partial charge in [0.2, 0.25) is 5.91 Å². The topological polar surface area (TPSA) is 68.5 Å². The van der Waals surface area contributed by atoms with Crippen molar-refractivity contribution in [2.45, 2.75) is 39.2 Å². The molecule has 0 bridgehead atoms. The molecule has 1 amide bonds. The Labute approximate surface area is 170 Å². The zero-order valence-corrected chi connectivity index (χ0v) is 16.8. The number of hydrogen-bond acceptors (Lipinski definition) is 5. The van der Waals surface area contributed by atoms with Gasteiger partial charge >= 0.3 is 0 Å². The number of aromatic nitrogens is 2. The average Bonchev–Trinajstić information content (AvgIpc) is 3.35. The molecule has 6 heteroatoms. The molecule has 0 radical (unpaired) electrons. The van der Waals surface area contributed by atoms with Crippen LogP contribution in [0.5, 0.6) is 5.75 Å². The number of rotatable bonds is 7. The van der Waals surface area contributed by atoms with Gasteiger partial charge in [-0.1, -0.05) is 41.9 Å². The first kappa shape index (κ1) is 19.2. The molecular formula is C23H25N3O3. The molecule has 0 aliphatic carbocycles. The lowest BCUT2D eigenvalue weighted by molar-refractivity contribution is -0.128. The molecule has 1 aliphatic rings. The van der Waals surface area contributed by atoms with Gasteiger partial charge in [0.05, 0.1) is 6.61 Å². The Morgan fingerprint density at radius 3 is 2.62 bits per heavy atom. The SMILES string of the molecule is CCCOc1ccc(CN2CC(c3noc(-c4ccc(C)cc4)n3)CC2=O)cc1. The van der Waals surface area contributed by atoms with Crippen molar-refractivity contribution in [1.29, 1.82) is 0 Å². The summed E-state index contributed by atoms with van der Waals surface area (Å²) in [4.78, 5) is 18.9. The highest BCUT2D eigenvalue weighted by Gasteiger charge is 2.33. The summed E-state index contributed by atoms with van der Waals surface area (Å²) < 4.78 is 11.0. The fraction of sp³-hybridized carbons (Fsp3) is 0.348. The molecule has 2 heterocycles. The summed E-state index contributed by atoms with van der Waals surface area (Å²) in [5.74, 6) is 2.02. The van der Waals surface area contributed by atoms with Gasteiger partial charge in [0.25, 0.3) is 5.89 Å². The van der Waals surface area contributed by atoms with Gasteiger partial charge in [0.15, 0.2) is 5.82 Å². The van der Waals surface area contributed by atoms with E-state index in [0.29, 0.717) is 37.8 Å². The first-order chi connectivity index (χ1) is 14.1. The summed E-state index contributed by atoms with van der Waals surface area (Å²) in [7, 11) is 0. The van der Waals surface area contributed by atoms with E-state index in [1.165, 1.54) is 5.56 Å². The molecule has 2 aromatic carbocycles. The lowest BCUT2D eigenvalue weighted by Gasteiger charge is -2.16. The molecule has 0 saturated carbocycles. The third-order valence-corrected chi connectivity index (χ3v) is 5.09. The summed E-state index contributed by atoms with van der Waals surface area (Å²) in [6.45, 7) is 6.00. The predicted octanol–water partition coefficient (Wildman–Crippen LogP) is 4.35. The van der Waals surface area contributed by atoms with Gasteiger partial charge < -0.3 is 14.2 Å². The van der Waals surface area contributed by atoms with Gasteiger partial charge in [-0.25, -0.2) is 0 Å². The molecule has 1 fully saturated rings. The van der Waals surface area contributed by atoms with E-state index in [1.54, 1.807) is 0 Å². The number of carbonyl (C=O) groups is 1. The fourth-order valence-electron chi connectivity index (χ4n) is 3.44. The second-order valence-electron chi connectivity index (χ2n) is 7.49. The van der Waals surface area contributed by atoms with Crippen molar-refractivity contribution >= 4 is 5.91 Å². The van der Waals surface area contributed by atoms with E-state index in [9.17, 15) is 4.79 Å². The summed E-state index contributed by atoms with van der Waals surface area (Å²) in [6.07, 6.45) is 1.39. The molecule has 29 heavy (non-hydrogen) atoms. The molecule has 150 valence electrons. The molecular weight excluding hydrogens is 366 g/mol. The molecule has 1 saturated heterocycles. The summed E-state index contributed by atoms with van der Waals surface area (Å²) in [5.41, 5.74) is 3.15. The maximum atomic E-state index is 12.5. The molecule has 1 aromatic heterocycles. The van der Waals surface area contributed by atoms with Crippen molar-refractivity contribution in [2.24, 2.45) is 0 Å². The van der Waals surface area contributed by atoms with Crippen LogP contribution in [0, 0.1) is 6.92 Å². The molecule has 0 N–H and O–H groups in total. The minimum absolute atomic E-state index is 0.0439. The molecule has 1 unspecified atom stereocenters. The number of aryl methyl sites for hydroxylation is 1. The lowest BCUT2D eigenvalue weighted by Crippen LogP contribution is -2.24. The van der Waals surface area contributed by atoms with Crippen LogP contribution in [0.2, 0.25) is 0 Å². The molecule has 3 aromatic rings. The van der Waals surface area contributed by atoms with Crippen LogP contribution >= 0.6 is 0 Å². The van der Waals surface area contributed by atoms with E-state index < -0.39 is 0 Å².